The van der Waals surface area contributed by atoms with Crippen molar-refractivity contribution in [1.29, 1.82) is 0 Å². The van der Waals surface area contributed by atoms with Gasteiger partial charge in [-0.3, -0.25) is 0 Å². The Hall–Kier alpha value is -1.07. The number of piperazine rings is 1. The Kier molecular flexibility index (Phi) is 3.16. The lowest BCUT2D eigenvalue weighted by Gasteiger charge is -2.24. The summed E-state index contributed by atoms with van der Waals surface area (Å²) in [5.41, 5.74) is 0.173. The van der Waals surface area contributed by atoms with Crippen LogP contribution in [0.25, 0.3) is 0 Å². The molecule has 0 aliphatic carbocycles. The molecule has 2 nitrogen and oxygen atoms in total. The van der Waals surface area contributed by atoms with Crippen LogP contribution in [0.4, 0.5) is 18.9 Å². The van der Waals surface area contributed by atoms with Crippen molar-refractivity contribution in [2.75, 3.05) is 26.2 Å². The minimum absolute atomic E-state index is 0.559. The van der Waals surface area contributed by atoms with Gasteiger partial charge in [-0.15, -0.1) is 0 Å². The number of hydrogen-bond donors (Lipinski definition) is 2. The van der Waals surface area contributed by atoms with E-state index in [0.717, 1.165) is 42.8 Å². The molecule has 1 aromatic rings. The smallest absolute Gasteiger partial charge is 0.306 e. The molecule has 0 spiro atoms. The Morgan fingerprint density at radius 3 is 2.44 bits per heavy atom. The van der Waals surface area contributed by atoms with E-state index in [2.05, 4.69) is 5.32 Å². The van der Waals surface area contributed by atoms with Gasteiger partial charge in [-0.1, -0.05) is 6.07 Å². The maximum Gasteiger partial charge on any atom is 0.416 e. The van der Waals surface area contributed by atoms with Crippen molar-refractivity contribution in [2.24, 2.45) is 0 Å². The summed E-state index contributed by atoms with van der Waals surface area (Å²) < 4.78 is 37.5. The average molecular weight is 231 g/mol. The number of quaternary nitrogens is 1. The van der Waals surface area contributed by atoms with Crippen molar-refractivity contribution in [3.63, 3.8) is 0 Å². The zero-order chi connectivity index (χ0) is 11.6. The van der Waals surface area contributed by atoms with Crippen molar-refractivity contribution in [2.45, 2.75) is 6.18 Å². The van der Waals surface area contributed by atoms with Gasteiger partial charge in [-0.2, -0.15) is 13.2 Å². The van der Waals surface area contributed by atoms with Crippen LogP contribution in [0, 0.1) is 0 Å². The lowest BCUT2D eigenvalue weighted by molar-refractivity contribution is -0.834. The van der Waals surface area contributed by atoms with Crippen molar-refractivity contribution >= 4 is 5.69 Å². The van der Waals surface area contributed by atoms with Crippen LogP contribution in [0.2, 0.25) is 0 Å². The standard InChI is InChI=1S/C11H13F3N2/c12-11(13,14)9-2-1-3-10(8-9)16-6-4-15-5-7-16/h1-3,8,15H,4-7H2/p+1. The van der Waals surface area contributed by atoms with E-state index in [1.54, 1.807) is 6.07 Å². The van der Waals surface area contributed by atoms with Crippen LogP contribution in [0.1, 0.15) is 5.56 Å². The van der Waals surface area contributed by atoms with Gasteiger partial charge in [-0.05, 0) is 12.1 Å². The van der Waals surface area contributed by atoms with E-state index in [4.69, 9.17) is 0 Å². The predicted octanol–water partition coefficient (Wildman–Crippen LogP) is 0.825. The summed E-state index contributed by atoms with van der Waals surface area (Å²) in [7, 11) is 0. The molecule has 1 saturated heterocycles. The molecule has 2 N–H and O–H groups in total. The first-order chi connectivity index (χ1) is 7.57. The monoisotopic (exact) mass is 231 g/mol. The highest BCUT2D eigenvalue weighted by molar-refractivity contribution is 5.35. The molecule has 0 aromatic heterocycles. The fraction of sp³-hybridized carbons (Fsp3) is 0.455. The molecule has 88 valence electrons. The molecule has 0 atom stereocenters. The molecular weight excluding hydrogens is 217 g/mol. The molecule has 1 heterocycles. The minimum Gasteiger partial charge on any atom is -0.306 e. The van der Waals surface area contributed by atoms with Crippen molar-refractivity contribution in [3.8, 4) is 0 Å². The molecule has 1 fully saturated rings. The second-order valence-electron chi connectivity index (χ2n) is 3.93. The largest absolute Gasteiger partial charge is 0.416 e. The summed E-state index contributed by atoms with van der Waals surface area (Å²) in [5, 5.41) is 3.19. The Morgan fingerprint density at radius 2 is 1.81 bits per heavy atom. The third-order valence-electron chi connectivity index (χ3n) is 2.81. The lowest BCUT2D eigenvalue weighted by Crippen LogP contribution is -3.10. The third kappa shape index (κ3) is 2.54. The van der Waals surface area contributed by atoms with Gasteiger partial charge in [0, 0.05) is 19.2 Å². The summed E-state index contributed by atoms with van der Waals surface area (Å²) in [6.45, 7) is 3.37. The fourth-order valence-corrected chi connectivity index (χ4v) is 1.93. The number of nitrogens with one attached hydrogen (secondary N) is 2. The molecule has 0 amide bonds. The maximum absolute atomic E-state index is 12.5. The number of alkyl halides is 3. The second-order valence-corrected chi connectivity index (χ2v) is 3.93. The van der Waals surface area contributed by atoms with Gasteiger partial charge in [-0.25, -0.2) is 0 Å². The van der Waals surface area contributed by atoms with Gasteiger partial charge in [0.15, 0.2) is 0 Å². The van der Waals surface area contributed by atoms with Crippen molar-refractivity contribution < 1.29 is 18.1 Å². The highest BCUT2D eigenvalue weighted by Gasteiger charge is 2.31. The zero-order valence-electron chi connectivity index (χ0n) is 8.77. The molecule has 5 heteroatoms. The van der Waals surface area contributed by atoms with E-state index < -0.39 is 11.7 Å². The van der Waals surface area contributed by atoms with Gasteiger partial charge in [0.1, 0.15) is 5.69 Å². The van der Waals surface area contributed by atoms with Gasteiger partial charge in [0.05, 0.1) is 18.7 Å². The zero-order valence-corrected chi connectivity index (χ0v) is 8.77. The Morgan fingerprint density at radius 1 is 1.12 bits per heavy atom. The topological polar surface area (TPSA) is 16.5 Å². The molecule has 1 aliphatic heterocycles. The molecule has 16 heavy (non-hydrogen) atoms. The van der Waals surface area contributed by atoms with E-state index in [-0.39, 0.29) is 0 Å². The second kappa shape index (κ2) is 4.43. The van der Waals surface area contributed by atoms with E-state index in [1.165, 1.54) is 12.1 Å². The van der Waals surface area contributed by atoms with E-state index in [9.17, 15) is 13.2 Å². The molecule has 1 aromatic carbocycles. The number of halogens is 3. The molecular formula is C11H14F3N2+. The van der Waals surface area contributed by atoms with Crippen LogP contribution < -0.4 is 10.2 Å². The summed E-state index contributed by atoms with van der Waals surface area (Å²) in [5.74, 6) is 0. The van der Waals surface area contributed by atoms with E-state index >= 15 is 0 Å². The summed E-state index contributed by atoms with van der Waals surface area (Å²) in [6.07, 6.45) is -4.25. The van der Waals surface area contributed by atoms with E-state index in [1.807, 2.05) is 0 Å². The molecule has 0 unspecified atom stereocenters. The normalized spacial score (nSPS) is 18.7. The molecule has 0 saturated carbocycles. The lowest BCUT2D eigenvalue weighted by atomic mass is 10.1. The average Bonchev–Trinajstić information content (AvgIpc) is 2.29. The van der Waals surface area contributed by atoms with Gasteiger partial charge < -0.3 is 10.2 Å². The van der Waals surface area contributed by atoms with Gasteiger partial charge in [0.25, 0.3) is 0 Å². The Balaban J connectivity index is 2.21. The van der Waals surface area contributed by atoms with Crippen LogP contribution in [0.5, 0.6) is 0 Å². The SMILES string of the molecule is FC(F)(F)c1cccc([NH+]2CCNCC2)c1. The predicted molar refractivity (Wildman–Crippen MR) is 54.7 cm³/mol. The molecule has 0 radical (unpaired) electrons. The first-order valence-corrected chi connectivity index (χ1v) is 5.30. The van der Waals surface area contributed by atoms with Crippen LogP contribution >= 0.6 is 0 Å². The highest BCUT2D eigenvalue weighted by atomic mass is 19.4. The Labute approximate surface area is 92.1 Å². The van der Waals surface area contributed by atoms with Crippen LogP contribution in [0.3, 0.4) is 0 Å². The summed E-state index contributed by atoms with van der Waals surface area (Å²) >= 11 is 0. The van der Waals surface area contributed by atoms with Gasteiger partial charge in [0.2, 0.25) is 0 Å². The minimum atomic E-state index is -4.25. The number of hydrogen-bond acceptors (Lipinski definition) is 1. The number of rotatable bonds is 1. The summed E-state index contributed by atoms with van der Waals surface area (Å²) in [6, 6.07) is 5.61. The highest BCUT2D eigenvalue weighted by Crippen LogP contribution is 2.29. The quantitative estimate of drug-likeness (QED) is 0.731. The molecule has 0 bridgehead atoms. The van der Waals surface area contributed by atoms with Gasteiger partial charge >= 0.3 is 6.18 Å². The maximum atomic E-state index is 12.5. The van der Waals surface area contributed by atoms with Crippen molar-refractivity contribution in [1.82, 2.24) is 5.32 Å². The molecule has 1 aliphatic rings. The summed E-state index contributed by atoms with van der Waals surface area (Å²) in [4.78, 5) is 1.12. The van der Waals surface area contributed by atoms with Crippen LogP contribution in [0.15, 0.2) is 24.3 Å². The first kappa shape index (κ1) is 11.4. The number of benzene rings is 1. The molecule has 2 rings (SSSR count). The van der Waals surface area contributed by atoms with E-state index in [0.29, 0.717) is 0 Å². The fourth-order valence-electron chi connectivity index (χ4n) is 1.93. The van der Waals surface area contributed by atoms with Crippen LogP contribution in [-0.2, 0) is 6.18 Å². The third-order valence-corrected chi connectivity index (χ3v) is 2.81. The van der Waals surface area contributed by atoms with Crippen LogP contribution in [-0.4, -0.2) is 26.2 Å². The van der Waals surface area contributed by atoms with Crippen molar-refractivity contribution in [3.05, 3.63) is 29.8 Å². The first-order valence-electron chi connectivity index (χ1n) is 5.30. The Bertz CT molecular complexity index is 356.